The molecule has 0 atom stereocenters. The quantitative estimate of drug-likeness (QED) is 0.595. The van der Waals surface area contributed by atoms with Gasteiger partial charge in [-0.05, 0) is 19.9 Å². The summed E-state index contributed by atoms with van der Waals surface area (Å²) in [5.74, 6) is 0.156. The van der Waals surface area contributed by atoms with Crippen LogP contribution in [0.25, 0.3) is 0 Å². The van der Waals surface area contributed by atoms with E-state index in [0.717, 1.165) is 6.54 Å². The average Bonchev–Trinajstić information content (AvgIpc) is 3.04. The van der Waals surface area contributed by atoms with Crippen LogP contribution in [0.1, 0.15) is 12.8 Å². The van der Waals surface area contributed by atoms with Crippen LogP contribution >= 0.6 is 0 Å². The minimum atomic E-state index is -0.592. The van der Waals surface area contributed by atoms with Crippen molar-refractivity contribution in [1.29, 1.82) is 0 Å². The highest BCUT2D eigenvalue weighted by molar-refractivity contribution is 5.28. The highest BCUT2D eigenvalue weighted by atomic mass is 16.2. The Balaban J connectivity index is 1.84. The summed E-state index contributed by atoms with van der Waals surface area (Å²) < 4.78 is 0. The summed E-state index contributed by atoms with van der Waals surface area (Å²) in [4.78, 5) is 26.3. The van der Waals surface area contributed by atoms with Gasteiger partial charge in [-0.3, -0.25) is 9.78 Å². The van der Waals surface area contributed by atoms with E-state index in [0.29, 0.717) is 12.6 Å². The van der Waals surface area contributed by atoms with Crippen LogP contribution in [0.3, 0.4) is 0 Å². The van der Waals surface area contributed by atoms with E-state index < -0.39 is 11.2 Å². The van der Waals surface area contributed by atoms with Gasteiger partial charge in [0.2, 0.25) is 5.82 Å². The Hall–Kier alpha value is -1.63. The zero-order valence-corrected chi connectivity index (χ0v) is 9.12. The molecule has 1 saturated carbocycles. The van der Waals surface area contributed by atoms with E-state index in [1.54, 1.807) is 0 Å². The first-order valence-electron chi connectivity index (χ1n) is 5.30. The van der Waals surface area contributed by atoms with Crippen molar-refractivity contribution in [3.8, 4) is 0 Å². The van der Waals surface area contributed by atoms with E-state index in [1.807, 2.05) is 0 Å². The number of nitrogens with one attached hydrogen (secondary N) is 3. The van der Waals surface area contributed by atoms with Crippen molar-refractivity contribution < 1.29 is 0 Å². The molecule has 1 aliphatic rings. The van der Waals surface area contributed by atoms with Gasteiger partial charge in [0.1, 0.15) is 0 Å². The smallest absolute Gasteiger partial charge is 0.342 e. The zero-order chi connectivity index (χ0) is 11.5. The zero-order valence-electron chi connectivity index (χ0n) is 9.12. The minimum Gasteiger partial charge on any atom is -0.363 e. The second-order valence-electron chi connectivity index (χ2n) is 3.99. The normalized spacial score (nSPS) is 15.4. The van der Waals surface area contributed by atoms with Crippen molar-refractivity contribution in [1.82, 2.24) is 20.1 Å². The van der Waals surface area contributed by atoms with Crippen LogP contribution in [-0.4, -0.2) is 46.3 Å². The van der Waals surface area contributed by atoms with E-state index in [-0.39, 0.29) is 5.82 Å². The summed E-state index contributed by atoms with van der Waals surface area (Å²) in [5, 5.41) is 8.69. The first-order chi connectivity index (χ1) is 7.66. The SMILES string of the molecule is CN(CCNc1n[nH]c(=O)[nH]c1=O)C1CC1. The average molecular weight is 225 g/mol. The molecule has 0 radical (unpaired) electrons. The Morgan fingerprint density at radius 1 is 1.50 bits per heavy atom. The van der Waals surface area contributed by atoms with Gasteiger partial charge in [-0.15, -0.1) is 5.10 Å². The maximum Gasteiger partial charge on any atom is 0.342 e. The van der Waals surface area contributed by atoms with Crippen molar-refractivity contribution >= 4 is 5.82 Å². The fourth-order valence-electron chi connectivity index (χ4n) is 1.52. The number of likely N-dealkylation sites (N-methyl/N-ethyl adjacent to an activating group) is 1. The second kappa shape index (κ2) is 4.48. The van der Waals surface area contributed by atoms with Crippen LogP contribution < -0.4 is 16.6 Å². The van der Waals surface area contributed by atoms with E-state index in [4.69, 9.17) is 0 Å². The number of nitrogens with zero attached hydrogens (tertiary/aromatic N) is 2. The van der Waals surface area contributed by atoms with Crippen LogP contribution in [0.5, 0.6) is 0 Å². The Morgan fingerprint density at radius 2 is 2.25 bits per heavy atom. The van der Waals surface area contributed by atoms with Crippen molar-refractivity contribution in [2.75, 3.05) is 25.5 Å². The summed E-state index contributed by atoms with van der Waals surface area (Å²) in [7, 11) is 2.06. The van der Waals surface area contributed by atoms with Gasteiger partial charge in [-0.1, -0.05) is 0 Å². The number of aromatic amines is 2. The molecule has 0 unspecified atom stereocenters. The third-order valence-electron chi connectivity index (χ3n) is 2.64. The predicted molar refractivity (Wildman–Crippen MR) is 59.6 cm³/mol. The molecule has 2 rings (SSSR count). The molecule has 0 aromatic carbocycles. The van der Waals surface area contributed by atoms with Crippen LogP contribution in [0.15, 0.2) is 9.59 Å². The van der Waals surface area contributed by atoms with Gasteiger partial charge in [0.15, 0.2) is 0 Å². The van der Waals surface area contributed by atoms with Crippen LogP contribution in [0, 0.1) is 0 Å². The van der Waals surface area contributed by atoms with Gasteiger partial charge in [0.25, 0.3) is 5.56 Å². The molecular weight excluding hydrogens is 210 g/mol. The van der Waals surface area contributed by atoms with E-state index in [2.05, 4.69) is 32.4 Å². The van der Waals surface area contributed by atoms with Crippen LogP contribution in [0.4, 0.5) is 5.82 Å². The van der Waals surface area contributed by atoms with E-state index in [9.17, 15) is 9.59 Å². The topological polar surface area (TPSA) is 93.9 Å². The standard InChI is InChI=1S/C9H15N5O2/c1-14(6-2-3-6)5-4-10-7-8(15)11-9(16)13-12-7/h6H,2-5H2,1H3,(H,10,12)(H2,11,13,15,16). The van der Waals surface area contributed by atoms with Gasteiger partial charge in [0.05, 0.1) is 0 Å². The highest BCUT2D eigenvalue weighted by Crippen LogP contribution is 2.24. The summed E-state index contributed by atoms with van der Waals surface area (Å²) in [6, 6.07) is 0.698. The summed E-state index contributed by atoms with van der Waals surface area (Å²) in [5.41, 5.74) is -1.08. The molecule has 3 N–H and O–H groups in total. The fraction of sp³-hybridized carbons (Fsp3) is 0.667. The maximum atomic E-state index is 11.2. The minimum absolute atomic E-state index is 0.156. The fourth-order valence-corrected chi connectivity index (χ4v) is 1.52. The van der Waals surface area contributed by atoms with Crippen molar-refractivity contribution in [3.05, 3.63) is 20.8 Å². The molecule has 1 aromatic rings. The lowest BCUT2D eigenvalue weighted by atomic mass is 10.5. The second-order valence-corrected chi connectivity index (χ2v) is 3.99. The summed E-state index contributed by atoms with van der Waals surface area (Å²) >= 11 is 0. The van der Waals surface area contributed by atoms with Crippen molar-refractivity contribution in [2.45, 2.75) is 18.9 Å². The Bertz CT molecular complexity index is 461. The molecule has 88 valence electrons. The van der Waals surface area contributed by atoms with Crippen LogP contribution in [-0.2, 0) is 0 Å². The highest BCUT2D eigenvalue weighted by Gasteiger charge is 2.25. The van der Waals surface area contributed by atoms with Crippen molar-refractivity contribution in [2.24, 2.45) is 0 Å². The molecule has 1 aliphatic carbocycles. The lowest BCUT2D eigenvalue weighted by Crippen LogP contribution is -2.31. The first kappa shape index (κ1) is 10.9. The number of hydrogen-bond donors (Lipinski definition) is 3. The number of H-pyrrole nitrogens is 2. The van der Waals surface area contributed by atoms with Crippen molar-refractivity contribution in [3.63, 3.8) is 0 Å². The van der Waals surface area contributed by atoms with Gasteiger partial charge < -0.3 is 10.2 Å². The largest absolute Gasteiger partial charge is 0.363 e. The summed E-state index contributed by atoms with van der Waals surface area (Å²) in [6.45, 7) is 1.49. The predicted octanol–water partition coefficient (Wildman–Crippen LogP) is -1.04. The monoisotopic (exact) mass is 225 g/mol. The molecular formula is C9H15N5O2. The molecule has 0 bridgehead atoms. The lowest BCUT2D eigenvalue weighted by Gasteiger charge is -2.15. The number of hydrogen-bond acceptors (Lipinski definition) is 5. The third kappa shape index (κ3) is 2.69. The molecule has 0 amide bonds. The molecule has 1 aromatic heterocycles. The van der Waals surface area contributed by atoms with Gasteiger partial charge in [-0.2, -0.15) is 0 Å². The number of aromatic nitrogens is 3. The van der Waals surface area contributed by atoms with Gasteiger partial charge >= 0.3 is 5.69 Å². The molecule has 0 saturated heterocycles. The molecule has 0 aliphatic heterocycles. The van der Waals surface area contributed by atoms with Gasteiger partial charge in [0, 0.05) is 19.1 Å². The first-order valence-corrected chi connectivity index (χ1v) is 5.30. The Morgan fingerprint density at radius 3 is 2.88 bits per heavy atom. The van der Waals surface area contributed by atoms with Crippen LogP contribution in [0.2, 0.25) is 0 Å². The van der Waals surface area contributed by atoms with Gasteiger partial charge in [-0.25, -0.2) is 9.89 Å². The molecule has 1 heterocycles. The van der Waals surface area contributed by atoms with E-state index >= 15 is 0 Å². The number of anilines is 1. The lowest BCUT2D eigenvalue weighted by molar-refractivity contribution is 0.337. The Kier molecular flexibility index (Phi) is 3.04. The molecule has 16 heavy (non-hydrogen) atoms. The number of rotatable bonds is 5. The molecule has 7 nitrogen and oxygen atoms in total. The third-order valence-corrected chi connectivity index (χ3v) is 2.64. The Labute approximate surface area is 91.9 Å². The maximum absolute atomic E-state index is 11.2. The summed E-state index contributed by atoms with van der Waals surface area (Å²) in [6.07, 6.45) is 2.52. The molecule has 7 heteroatoms. The molecule has 1 fully saturated rings. The van der Waals surface area contributed by atoms with E-state index in [1.165, 1.54) is 12.8 Å². The molecule has 0 spiro atoms.